The molecular weight excluding hydrogens is 260 g/mol. The van der Waals surface area contributed by atoms with Gasteiger partial charge in [-0.1, -0.05) is 50.1 Å². The third kappa shape index (κ3) is 3.52. The van der Waals surface area contributed by atoms with Gasteiger partial charge in [0.1, 0.15) is 11.8 Å². The first-order chi connectivity index (χ1) is 10.2. The highest BCUT2D eigenvalue weighted by molar-refractivity contribution is 5.76. The van der Waals surface area contributed by atoms with E-state index in [4.69, 9.17) is 0 Å². The predicted molar refractivity (Wildman–Crippen MR) is 83.3 cm³/mol. The maximum atomic E-state index is 11.8. The molecule has 1 aliphatic heterocycles. The average molecular weight is 282 g/mol. The Labute approximate surface area is 126 Å². The van der Waals surface area contributed by atoms with Crippen molar-refractivity contribution in [2.45, 2.75) is 39.0 Å². The maximum absolute atomic E-state index is 11.8. The number of benzene rings is 1. The lowest BCUT2D eigenvalue weighted by Gasteiger charge is -2.35. The van der Waals surface area contributed by atoms with E-state index in [1.54, 1.807) is 4.90 Å². The first-order valence-corrected chi connectivity index (χ1v) is 7.62. The number of hydrogen-bond acceptors (Lipinski definition) is 2. The summed E-state index contributed by atoms with van der Waals surface area (Å²) in [6.07, 6.45) is 5.35. The van der Waals surface area contributed by atoms with Crippen LogP contribution in [0, 0.1) is 17.2 Å². The Hall–Kier alpha value is -2.08. The minimum atomic E-state index is -0.0455. The lowest BCUT2D eigenvalue weighted by molar-refractivity contribution is -0.127. The van der Waals surface area contributed by atoms with E-state index in [1.165, 1.54) is 12.5 Å². The van der Waals surface area contributed by atoms with Crippen LogP contribution in [0.25, 0.3) is 0 Å². The van der Waals surface area contributed by atoms with E-state index in [1.807, 2.05) is 24.3 Å². The molecule has 0 fully saturated rings. The Morgan fingerprint density at radius 1 is 1.38 bits per heavy atom. The third-order valence-corrected chi connectivity index (χ3v) is 4.16. The summed E-state index contributed by atoms with van der Waals surface area (Å²) in [5.41, 5.74) is 1.72. The summed E-state index contributed by atoms with van der Waals surface area (Å²) < 4.78 is 0. The van der Waals surface area contributed by atoms with Crippen LogP contribution >= 0.6 is 0 Å². The van der Waals surface area contributed by atoms with Crippen LogP contribution < -0.4 is 0 Å². The van der Waals surface area contributed by atoms with Crippen LogP contribution in [0.1, 0.15) is 44.6 Å². The van der Waals surface area contributed by atoms with Crippen molar-refractivity contribution in [1.29, 1.82) is 5.26 Å². The fourth-order valence-electron chi connectivity index (χ4n) is 3.02. The number of carbonyl (C=O) groups excluding carboxylic acids is 1. The van der Waals surface area contributed by atoms with Crippen molar-refractivity contribution < 1.29 is 4.79 Å². The van der Waals surface area contributed by atoms with Crippen LogP contribution in [0.4, 0.5) is 0 Å². The van der Waals surface area contributed by atoms with Crippen molar-refractivity contribution in [3.63, 3.8) is 0 Å². The molecule has 0 spiro atoms. The standard InChI is InChI=1S/C18H22N2O/c1-3-4-8-16-13-20(14(2)21)17(12-19)11-18(16)15-9-6-5-7-10-15/h5-7,9-11,16,18H,3-4,8,13H2,1-2H3. The minimum absolute atomic E-state index is 0.0455. The van der Waals surface area contributed by atoms with Gasteiger partial charge < -0.3 is 4.90 Å². The molecule has 3 nitrogen and oxygen atoms in total. The largest absolute Gasteiger partial charge is 0.304 e. The van der Waals surface area contributed by atoms with Crippen LogP contribution in [0.15, 0.2) is 42.1 Å². The van der Waals surface area contributed by atoms with E-state index in [0.717, 1.165) is 19.3 Å². The molecule has 1 aliphatic rings. The second-order valence-corrected chi connectivity index (χ2v) is 5.63. The van der Waals surface area contributed by atoms with E-state index in [0.29, 0.717) is 18.2 Å². The highest BCUT2D eigenvalue weighted by atomic mass is 16.2. The Kier molecular flexibility index (Phi) is 5.16. The van der Waals surface area contributed by atoms with Crippen LogP contribution in [0.3, 0.4) is 0 Å². The van der Waals surface area contributed by atoms with Crippen LogP contribution in [-0.4, -0.2) is 17.4 Å². The molecule has 0 saturated heterocycles. The lowest BCUT2D eigenvalue weighted by atomic mass is 9.79. The number of amides is 1. The zero-order chi connectivity index (χ0) is 15.2. The summed E-state index contributed by atoms with van der Waals surface area (Å²) in [5, 5.41) is 9.33. The molecule has 2 atom stereocenters. The molecule has 3 heteroatoms. The second kappa shape index (κ2) is 7.08. The van der Waals surface area contributed by atoms with Gasteiger partial charge in [0.15, 0.2) is 0 Å². The SMILES string of the molecule is CCCCC1CN(C(C)=O)C(C#N)=CC1c1ccccc1. The zero-order valence-electron chi connectivity index (χ0n) is 12.7. The molecule has 0 N–H and O–H groups in total. The summed E-state index contributed by atoms with van der Waals surface area (Å²) in [7, 11) is 0. The fraction of sp³-hybridized carbons (Fsp3) is 0.444. The quantitative estimate of drug-likeness (QED) is 0.842. The molecule has 110 valence electrons. The zero-order valence-corrected chi connectivity index (χ0v) is 12.7. The Morgan fingerprint density at radius 3 is 2.67 bits per heavy atom. The summed E-state index contributed by atoms with van der Waals surface area (Å²) in [4.78, 5) is 13.4. The van der Waals surface area contributed by atoms with E-state index in [2.05, 4.69) is 25.1 Å². The van der Waals surface area contributed by atoms with Gasteiger partial charge in [0.05, 0.1) is 0 Å². The molecule has 1 heterocycles. The summed E-state index contributed by atoms with van der Waals surface area (Å²) in [6, 6.07) is 12.5. The number of allylic oxidation sites excluding steroid dienone is 2. The number of nitriles is 1. The van der Waals surface area contributed by atoms with Gasteiger partial charge >= 0.3 is 0 Å². The summed E-state index contributed by atoms with van der Waals surface area (Å²) in [5.74, 6) is 0.562. The summed E-state index contributed by atoms with van der Waals surface area (Å²) in [6.45, 7) is 4.36. The average Bonchev–Trinajstić information content (AvgIpc) is 2.52. The Balaban J connectivity index is 2.35. The Bertz CT molecular complexity index is 556. The van der Waals surface area contributed by atoms with Crippen LogP contribution in [0.5, 0.6) is 0 Å². The molecule has 0 aliphatic carbocycles. The summed E-state index contributed by atoms with van der Waals surface area (Å²) >= 11 is 0. The maximum Gasteiger partial charge on any atom is 0.224 e. The number of hydrogen-bond donors (Lipinski definition) is 0. The van der Waals surface area contributed by atoms with Crippen molar-refractivity contribution in [3.05, 3.63) is 47.7 Å². The molecule has 2 unspecified atom stereocenters. The number of carbonyl (C=O) groups is 1. The lowest BCUT2D eigenvalue weighted by Crippen LogP contribution is -2.38. The Morgan fingerprint density at radius 2 is 2.10 bits per heavy atom. The predicted octanol–water partition coefficient (Wildman–Crippen LogP) is 3.85. The number of nitrogens with zero attached hydrogens (tertiary/aromatic N) is 2. The molecular formula is C18H22N2O. The van der Waals surface area contributed by atoms with Gasteiger partial charge in [0.25, 0.3) is 0 Å². The van der Waals surface area contributed by atoms with E-state index < -0.39 is 0 Å². The van der Waals surface area contributed by atoms with E-state index in [-0.39, 0.29) is 11.8 Å². The molecule has 0 radical (unpaired) electrons. The fourth-order valence-corrected chi connectivity index (χ4v) is 3.02. The molecule has 1 amide bonds. The van der Waals surface area contributed by atoms with Crippen molar-refractivity contribution in [1.82, 2.24) is 4.90 Å². The van der Waals surface area contributed by atoms with Crippen molar-refractivity contribution >= 4 is 5.91 Å². The first kappa shape index (κ1) is 15.3. The second-order valence-electron chi connectivity index (χ2n) is 5.63. The smallest absolute Gasteiger partial charge is 0.224 e. The van der Waals surface area contributed by atoms with Crippen molar-refractivity contribution in [2.75, 3.05) is 6.54 Å². The molecule has 21 heavy (non-hydrogen) atoms. The van der Waals surface area contributed by atoms with Crippen LogP contribution in [-0.2, 0) is 4.79 Å². The molecule has 1 aromatic rings. The van der Waals surface area contributed by atoms with Gasteiger partial charge in [-0.15, -0.1) is 0 Å². The number of rotatable bonds is 4. The molecule has 0 saturated carbocycles. The third-order valence-electron chi connectivity index (χ3n) is 4.16. The number of unbranched alkanes of at least 4 members (excludes halogenated alkanes) is 1. The van der Waals surface area contributed by atoms with E-state index in [9.17, 15) is 10.1 Å². The highest BCUT2D eigenvalue weighted by Gasteiger charge is 2.31. The van der Waals surface area contributed by atoms with Gasteiger partial charge in [-0.3, -0.25) is 4.79 Å². The molecule has 2 rings (SSSR count). The molecule has 0 bridgehead atoms. The minimum Gasteiger partial charge on any atom is -0.304 e. The van der Waals surface area contributed by atoms with Gasteiger partial charge in [-0.05, 0) is 24.0 Å². The first-order valence-electron chi connectivity index (χ1n) is 7.62. The molecule has 1 aromatic carbocycles. The monoisotopic (exact) mass is 282 g/mol. The van der Waals surface area contributed by atoms with Crippen molar-refractivity contribution in [3.8, 4) is 6.07 Å². The highest BCUT2D eigenvalue weighted by Crippen LogP contribution is 2.36. The van der Waals surface area contributed by atoms with Crippen molar-refractivity contribution in [2.24, 2.45) is 5.92 Å². The normalized spacial score (nSPS) is 21.6. The van der Waals surface area contributed by atoms with Gasteiger partial charge in [-0.2, -0.15) is 5.26 Å². The molecule has 0 aromatic heterocycles. The van der Waals surface area contributed by atoms with Gasteiger partial charge in [0, 0.05) is 19.4 Å². The van der Waals surface area contributed by atoms with Crippen LogP contribution in [0.2, 0.25) is 0 Å². The van der Waals surface area contributed by atoms with E-state index >= 15 is 0 Å². The van der Waals surface area contributed by atoms with Gasteiger partial charge in [-0.25, -0.2) is 0 Å². The topological polar surface area (TPSA) is 44.1 Å². The van der Waals surface area contributed by atoms with Gasteiger partial charge in [0.2, 0.25) is 5.91 Å².